The largest absolute Gasteiger partial charge is 0.349 e. The third-order valence-corrected chi connectivity index (χ3v) is 4.63. The SMILES string of the molecule is Cc1cc(C)cc(C(=O)NC2CCN(C(=O)Nc3ccccc3)CC2)c1. The lowest BCUT2D eigenvalue weighted by Gasteiger charge is -2.32. The number of hydrogen-bond acceptors (Lipinski definition) is 2. The zero-order valence-electron chi connectivity index (χ0n) is 15.3. The highest BCUT2D eigenvalue weighted by atomic mass is 16.2. The summed E-state index contributed by atoms with van der Waals surface area (Å²) in [5, 5.41) is 6.01. The molecule has 3 rings (SSSR count). The summed E-state index contributed by atoms with van der Waals surface area (Å²) in [6.45, 7) is 5.26. The van der Waals surface area contributed by atoms with Gasteiger partial charge in [0.2, 0.25) is 0 Å². The molecule has 1 aliphatic heterocycles. The molecule has 1 heterocycles. The van der Waals surface area contributed by atoms with Crippen LogP contribution in [0.1, 0.15) is 34.3 Å². The first-order valence-corrected chi connectivity index (χ1v) is 9.01. The van der Waals surface area contributed by atoms with Crippen LogP contribution in [-0.4, -0.2) is 36.0 Å². The van der Waals surface area contributed by atoms with Gasteiger partial charge < -0.3 is 15.5 Å². The van der Waals surface area contributed by atoms with Gasteiger partial charge in [0.25, 0.3) is 5.91 Å². The van der Waals surface area contributed by atoms with E-state index in [0.29, 0.717) is 18.7 Å². The third-order valence-electron chi connectivity index (χ3n) is 4.63. The van der Waals surface area contributed by atoms with Crippen LogP contribution in [0.2, 0.25) is 0 Å². The van der Waals surface area contributed by atoms with Gasteiger partial charge in [-0.25, -0.2) is 4.79 Å². The number of nitrogens with one attached hydrogen (secondary N) is 2. The number of anilines is 1. The van der Waals surface area contributed by atoms with Crippen molar-refractivity contribution in [3.8, 4) is 0 Å². The fourth-order valence-electron chi connectivity index (χ4n) is 3.33. The van der Waals surface area contributed by atoms with E-state index in [9.17, 15) is 9.59 Å². The molecule has 26 heavy (non-hydrogen) atoms. The Morgan fingerprint density at radius 2 is 1.58 bits per heavy atom. The van der Waals surface area contributed by atoms with E-state index in [4.69, 9.17) is 0 Å². The minimum atomic E-state index is -0.0877. The second kappa shape index (κ2) is 8.04. The van der Waals surface area contributed by atoms with Crippen molar-refractivity contribution < 1.29 is 9.59 Å². The van der Waals surface area contributed by atoms with Gasteiger partial charge in [-0.05, 0) is 51.0 Å². The molecule has 1 aliphatic rings. The highest BCUT2D eigenvalue weighted by Crippen LogP contribution is 2.15. The summed E-state index contributed by atoms with van der Waals surface area (Å²) in [5.74, 6) is -0.0380. The molecule has 0 atom stereocenters. The monoisotopic (exact) mass is 351 g/mol. The fourth-order valence-corrected chi connectivity index (χ4v) is 3.33. The Balaban J connectivity index is 1.50. The summed E-state index contributed by atoms with van der Waals surface area (Å²) >= 11 is 0. The summed E-state index contributed by atoms with van der Waals surface area (Å²) in [6, 6.07) is 15.3. The molecular formula is C21H25N3O2. The van der Waals surface area contributed by atoms with E-state index in [-0.39, 0.29) is 18.0 Å². The van der Waals surface area contributed by atoms with Crippen molar-refractivity contribution in [1.82, 2.24) is 10.2 Å². The quantitative estimate of drug-likeness (QED) is 0.885. The normalized spacial score (nSPS) is 14.8. The minimum Gasteiger partial charge on any atom is -0.349 e. The minimum absolute atomic E-state index is 0.0380. The summed E-state index contributed by atoms with van der Waals surface area (Å²) in [5.41, 5.74) is 3.67. The van der Waals surface area contributed by atoms with Crippen molar-refractivity contribution in [3.63, 3.8) is 0 Å². The summed E-state index contributed by atoms with van der Waals surface area (Å²) in [4.78, 5) is 26.6. The van der Waals surface area contributed by atoms with Gasteiger partial charge in [0.15, 0.2) is 0 Å². The smallest absolute Gasteiger partial charge is 0.321 e. The van der Waals surface area contributed by atoms with Crippen molar-refractivity contribution in [2.75, 3.05) is 18.4 Å². The van der Waals surface area contributed by atoms with Crippen LogP contribution >= 0.6 is 0 Å². The van der Waals surface area contributed by atoms with Gasteiger partial charge >= 0.3 is 6.03 Å². The van der Waals surface area contributed by atoms with E-state index in [2.05, 4.69) is 16.7 Å². The average Bonchev–Trinajstić information content (AvgIpc) is 2.62. The first-order chi connectivity index (χ1) is 12.5. The molecule has 0 saturated carbocycles. The van der Waals surface area contributed by atoms with Crippen LogP contribution in [0.4, 0.5) is 10.5 Å². The van der Waals surface area contributed by atoms with Gasteiger partial charge in [0.1, 0.15) is 0 Å². The molecule has 136 valence electrons. The number of aryl methyl sites for hydroxylation is 2. The van der Waals surface area contributed by atoms with Crippen molar-refractivity contribution in [2.24, 2.45) is 0 Å². The van der Waals surface area contributed by atoms with Crippen LogP contribution in [0, 0.1) is 13.8 Å². The lowest BCUT2D eigenvalue weighted by atomic mass is 10.0. The van der Waals surface area contributed by atoms with Crippen LogP contribution in [0.5, 0.6) is 0 Å². The summed E-state index contributed by atoms with van der Waals surface area (Å²) in [7, 11) is 0. The number of carbonyl (C=O) groups is 2. The van der Waals surface area contributed by atoms with E-state index >= 15 is 0 Å². The Morgan fingerprint density at radius 1 is 0.962 bits per heavy atom. The predicted octanol–water partition coefficient (Wildman–Crippen LogP) is 3.73. The zero-order valence-corrected chi connectivity index (χ0v) is 15.3. The van der Waals surface area contributed by atoms with Gasteiger partial charge in [-0.3, -0.25) is 4.79 Å². The van der Waals surface area contributed by atoms with Crippen molar-refractivity contribution in [3.05, 3.63) is 65.2 Å². The molecule has 5 heteroatoms. The average molecular weight is 351 g/mol. The molecule has 2 aromatic rings. The predicted molar refractivity (Wildman–Crippen MR) is 103 cm³/mol. The second-order valence-corrected chi connectivity index (χ2v) is 6.91. The summed E-state index contributed by atoms with van der Waals surface area (Å²) in [6.07, 6.45) is 1.53. The number of rotatable bonds is 3. The third kappa shape index (κ3) is 4.63. The Kier molecular flexibility index (Phi) is 5.56. The van der Waals surface area contributed by atoms with Gasteiger partial charge in [0, 0.05) is 30.4 Å². The first-order valence-electron chi connectivity index (χ1n) is 9.01. The topological polar surface area (TPSA) is 61.4 Å². The Morgan fingerprint density at radius 3 is 2.19 bits per heavy atom. The molecule has 2 N–H and O–H groups in total. The van der Waals surface area contributed by atoms with Crippen LogP contribution in [0.25, 0.3) is 0 Å². The number of benzene rings is 2. The molecule has 1 fully saturated rings. The lowest BCUT2D eigenvalue weighted by Crippen LogP contribution is -2.47. The number of amides is 3. The molecule has 0 radical (unpaired) electrons. The second-order valence-electron chi connectivity index (χ2n) is 6.91. The number of para-hydroxylation sites is 1. The van der Waals surface area contributed by atoms with Crippen molar-refractivity contribution in [2.45, 2.75) is 32.7 Å². The van der Waals surface area contributed by atoms with Crippen LogP contribution in [0.15, 0.2) is 48.5 Å². The number of piperidine rings is 1. The molecule has 0 aromatic heterocycles. The van der Waals surface area contributed by atoms with Gasteiger partial charge in [-0.1, -0.05) is 35.4 Å². The maximum absolute atomic E-state index is 12.5. The highest BCUT2D eigenvalue weighted by molar-refractivity contribution is 5.94. The highest BCUT2D eigenvalue weighted by Gasteiger charge is 2.24. The van der Waals surface area contributed by atoms with E-state index in [0.717, 1.165) is 29.7 Å². The van der Waals surface area contributed by atoms with Crippen LogP contribution in [0.3, 0.4) is 0 Å². The number of nitrogens with zero attached hydrogens (tertiary/aromatic N) is 1. The maximum Gasteiger partial charge on any atom is 0.321 e. The lowest BCUT2D eigenvalue weighted by molar-refractivity contribution is 0.0919. The van der Waals surface area contributed by atoms with Crippen molar-refractivity contribution in [1.29, 1.82) is 0 Å². The number of carbonyl (C=O) groups excluding carboxylic acids is 2. The van der Waals surface area contributed by atoms with Crippen LogP contribution in [-0.2, 0) is 0 Å². The maximum atomic E-state index is 12.5. The van der Waals surface area contributed by atoms with Crippen LogP contribution < -0.4 is 10.6 Å². The summed E-state index contributed by atoms with van der Waals surface area (Å²) < 4.78 is 0. The van der Waals surface area contributed by atoms with Gasteiger partial charge in [-0.2, -0.15) is 0 Å². The van der Waals surface area contributed by atoms with Crippen molar-refractivity contribution >= 4 is 17.6 Å². The standard InChI is InChI=1S/C21H25N3O2/c1-15-12-16(2)14-17(13-15)20(25)22-19-8-10-24(11-9-19)21(26)23-18-6-4-3-5-7-18/h3-7,12-14,19H,8-11H2,1-2H3,(H,22,25)(H,23,26). The molecule has 5 nitrogen and oxygen atoms in total. The fraction of sp³-hybridized carbons (Fsp3) is 0.333. The molecule has 0 unspecified atom stereocenters. The van der Waals surface area contributed by atoms with Gasteiger partial charge in [0.05, 0.1) is 0 Å². The Labute approximate surface area is 154 Å². The van der Waals surface area contributed by atoms with E-state index in [1.807, 2.05) is 56.3 Å². The molecule has 0 spiro atoms. The molecule has 0 bridgehead atoms. The van der Waals surface area contributed by atoms with Gasteiger partial charge in [-0.15, -0.1) is 0 Å². The molecule has 1 saturated heterocycles. The van der Waals surface area contributed by atoms with E-state index < -0.39 is 0 Å². The number of likely N-dealkylation sites (tertiary alicyclic amines) is 1. The first kappa shape index (κ1) is 18.0. The Bertz CT molecular complexity index is 761. The molecule has 3 amide bonds. The Hall–Kier alpha value is -2.82. The molecular weight excluding hydrogens is 326 g/mol. The number of hydrogen-bond donors (Lipinski definition) is 2. The molecule has 2 aromatic carbocycles. The zero-order chi connectivity index (χ0) is 18.5. The number of urea groups is 1. The van der Waals surface area contributed by atoms with E-state index in [1.54, 1.807) is 4.90 Å². The molecule has 0 aliphatic carbocycles. The van der Waals surface area contributed by atoms with E-state index in [1.165, 1.54) is 0 Å².